The summed E-state index contributed by atoms with van der Waals surface area (Å²) in [6.45, 7) is 4.13. The molecule has 6 heteroatoms. The largest absolute Gasteiger partial charge is 0.311 e. The summed E-state index contributed by atoms with van der Waals surface area (Å²) in [5.41, 5.74) is 0.744. The van der Waals surface area contributed by atoms with E-state index in [4.69, 9.17) is 23.2 Å². The smallest absolute Gasteiger partial charge is 0.229 e. The van der Waals surface area contributed by atoms with E-state index in [-0.39, 0.29) is 18.4 Å². The number of carbonyl (C=O) groups is 1. The fourth-order valence-electron chi connectivity index (χ4n) is 1.96. The van der Waals surface area contributed by atoms with Crippen molar-refractivity contribution in [2.75, 3.05) is 5.32 Å². The van der Waals surface area contributed by atoms with Crippen LogP contribution in [0.5, 0.6) is 0 Å². The van der Waals surface area contributed by atoms with Crippen molar-refractivity contribution in [1.29, 1.82) is 0 Å². The van der Waals surface area contributed by atoms with Gasteiger partial charge in [0.05, 0.1) is 18.7 Å². The maximum absolute atomic E-state index is 12.1. The zero-order valence-electron chi connectivity index (χ0n) is 11.9. The van der Waals surface area contributed by atoms with Crippen LogP contribution in [-0.4, -0.2) is 15.7 Å². The van der Waals surface area contributed by atoms with Crippen molar-refractivity contribution >= 4 is 34.9 Å². The first-order valence-electron chi connectivity index (χ1n) is 6.78. The average molecular weight is 326 g/mol. The molecule has 0 fully saturated rings. The Morgan fingerprint density at radius 2 is 2.14 bits per heavy atom. The van der Waals surface area contributed by atoms with Gasteiger partial charge in [0, 0.05) is 16.1 Å². The lowest BCUT2D eigenvalue weighted by Gasteiger charge is -2.14. The van der Waals surface area contributed by atoms with Gasteiger partial charge in [-0.15, -0.1) is 0 Å². The van der Waals surface area contributed by atoms with Crippen LogP contribution < -0.4 is 5.32 Å². The second kappa shape index (κ2) is 6.96. The summed E-state index contributed by atoms with van der Waals surface area (Å²) in [6.07, 6.45) is 2.81. The number of hydrogen-bond acceptors (Lipinski definition) is 2. The van der Waals surface area contributed by atoms with Crippen LogP contribution in [-0.2, 0) is 11.2 Å². The van der Waals surface area contributed by atoms with Gasteiger partial charge in [0.1, 0.15) is 5.82 Å². The Morgan fingerprint density at radius 3 is 2.81 bits per heavy atom. The van der Waals surface area contributed by atoms with Crippen molar-refractivity contribution in [2.45, 2.75) is 32.7 Å². The van der Waals surface area contributed by atoms with Crippen molar-refractivity contribution in [3.8, 4) is 0 Å². The molecule has 0 saturated carbocycles. The van der Waals surface area contributed by atoms with E-state index in [2.05, 4.69) is 24.3 Å². The molecule has 4 nitrogen and oxygen atoms in total. The van der Waals surface area contributed by atoms with E-state index in [0.29, 0.717) is 15.9 Å². The van der Waals surface area contributed by atoms with E-state index in [1.807, 2.05) is 0 Å². The first kappa shape index (κ1) is 15.9. The van der Waals surface area contributed by atoms with Crippen LogP contribution >= 0.6 is 23.2 Å². The van der Waals surface area contributed by atoms with E-state index in [1.54, 1.807) is 35.1 Å². The van der Waals surface area contributed by atoms with Crippen LogP contribution in [0.1, 0.15) is 31.9 Å². The van der Waals surface area contributed by atoms with Gasteiger partial charge in [-0.25, -0.2) is 4.68 Å². The summed E-state index contributed by atoms with van der Waals surface area (Å²) < 4.78 is 1.81. The van der Waals surface area contributed by atoms with Gasteiger partial charge in [-0.3, -0.25) is 4.79 Å². The van der Waals surface area contributed by atoms with E-state index >= 15 is 0 Å². The third-order valence-corrected chi connectivity index (χ3v) is 3.90. The maximum Gasteiger partial charge on any atom is 0.229 e. The van der Waals surface area contributed by atoms with Crippen molar-refractivity contribution in [2.24, 2.45) is 0 Å². The normalized spacial score (nSPS) is 12.2. The third-order valence-electron chi connectivity index (χ3n) is 3.31. The van der Waals surface area contributed by atoms with Gasteiger partial charge in [-0.05, 0) is 31.0 Å². The zero-order valence-corrected chi connectivity index (χ0v) is 13.4. The van der Waals surface area contributed by atoms with Crippen LogP contribution in [0.4, 0.5) is 5.82 Å². The van der Waals surface area contributed by atoms with Crippen molar-refractivity contribution in [1.82, 2.24) is 9.78 Å². The van der Waals surface area contributed by atoms with Gasteiger partial charge in [-0.2, -0.15) is 5.10 Å². The second-order valence-electron chi connectivity index (χ2n) is 4.88. The Labute approximate surface area is 134 Å². The number of benzene rings is 1. The molecule has 112 valence electrons. The lowest BCUT2D eigenvalue weighted by molar-refractivity contribution is -0.115. The Kier molecular flexibility index (Phi) is 5.26. The van der Waals surface area contributed by atoms with Gasteiger partial charge in [0.15, 0.2) is 0 Å². The molecule has 0 radical (unpaired) electrons. The predicted octanol–water partition coefficient (Wildman–Crippen LogP) is 4.34. The highest BCUT2D eigenvalue weighted by Gasteiger charge is 2.12. The molecule has 2 rings (SSSR count). The average Bonchev–Trinajstić information content (AvgIpc) is 2.89. The van der Waals surface area contributed by atoms with Crippen LogP contribution in [0.15, 0.2) is 30.5 Å². The first-order valence-corrected chi connectivity index (χ1v) is 7.54. The van der Waals surface area contributed by atoms with E-state index in [0.717, 1.165) is 12.0 Å². The van der Waals surface area contributed by atoms with E-state index in [1.165, 1.54) is 0 Å². The van der Waals surface area contributed by atoms with Crippen LogP contribution in [0.2, 0.25) is 10.0 Å². The van der Waals surface area contributed by atoms with Crippen molar-refractivity contribution in [3.63, 3.8) is 0 Å². The molecule has 1 N–H and O–H groups in total. The molecule has 1 unspecified atom stereocenters. The van der Waals surface area contributed by atoms with Crippen LogP contribution in [0.3, 0.4) is 0 Å². The molecule has 0 aliphatic carbocycles. The summed E-state index contributed by atoms with van der Waals surface area (Å²) in [4.78, 5) is 12.1. The highest BCUT2D eigenvalue weighted by atomic mass is 35.5. The molecule has 0 aliphatic rings. The topological polar surface area (TPSA) is 46.9 Å². The highest BCUT2D eigenvalue weighted by molar-refractivity contribution is 6.35. The van der Waals surface area contributed by atoms with E-state index in [9.17, 15) is 4.79 Å². The van der Waals surface area contributed by atoms with Gasteiger partial charge < -0.3 is 5.32 Å². The van der Waals surface area contributed by atoms with Crippen molar-refractivity contribution < 1.29 is 4.79 Å². The van der Waals surface area contributed by atoms with Crippen LogP contribution in [0.25, 0.3) is 0 Å². The SMILES string of the molecule is CCC(C)n1nccc1NC(=O)Cc1ccc(Cl)cc1Cl. The monoisotopic (exact) mass is 325 g/mol. The second-order valence-corrected chi connectivity index (χ2v) is 5.72. The molecular weight excluding hydrogens is 309 g/mol. The number of carbonyl (C=O) groups excluding carboxylic acids is 1. The Bertz CT molecular complexity index is 640. The number of amides is 1. The number of nitrogens with zero attached hydrogens (tertiary/aromatic N) is 2. The number of halogens is 2. The fraction of sp³-hybridized carbons (Fsp3) is 0.333. The molecule has 0 saturated heterocycles. The quantitative estimate of drug-likeness (QED) is 0.888. The minimum Gasteiger partial charge on any atom is -0.311 e. The Hall–Kier alpha value is -1.52. The minimum atomic E-state index is -0.135. The van der Waals surface area contributed by atoms with Gasteiger partial charge in [0.2, 0.25) is 5.91 Å². The molecule has 1 heterocycles. The summed E-state index contributed by atoms with van der Waals surface area (Å²) in [6, 6.07) is 7.13. The Morgan fingerprint density at radius 1 is 1.38 bits per heavy atom. The molecule has 21 heavy (non-hydrogen) atoms. The molecule has 1 atom stereocenters. The fourth-order valence-corrected chi connectivity index (χ4v) is 2.44. The molecule has 1 aromatic heterocycles. The number of rotatable bonds is 5. The minimum absolute atomic E-state index is 0.135. The van der Waals surface area contributed by atoms with Crippen molar-refractivity contribution in [3.05, 3.63) is 46.1 Å². The molecule has 2 aromatic rings. The standard InChI is InChI=1S/C15H17Cl2N3O/c1-3-10(2)20-14(6-7-18-20)19-15(21)8-11-4-5-12(16)9-13(11)17/h4-7,9-10H,3,8H2,1-2H3,(H,19,21). The number of anilines is 1. The number of nitrogens with one attached hydrogen (secondary N) is 1. The Balaban J connectivity index is 2.07. The summed E-state index contributed by atoms with van der Waals surface area (Å²) >= 11 is 11.9. The third kappa shape index (κ3) is 3.99. The van der Waals surface area contributed by atoms with Crippen LogP contribution in [0, 0.1) is 0 Å². The summed E-state index contributed by atoms with van der Waals surface area (Å²) in [5, 5.41) is 8.15. The lowest BCUT2D eigenvalue weighted by atomic mass is 10.1. The molecular formula is C15H17Cl2N3O. The van der Waals surface area contributed by atoms with Gasteiger partial charge in [0.25, 0.3) is 0 Å². The summed E-state index contributed by atoms with van der Waals surface area (Å²) in [5.74, 6) is 0.559. The molecule has 1 aromatic carbocycles. The number of aromatic nitrogens is 2. The molecule has 0 spiro atoms. The van der Waals surface area contributed by atoms with Gasteiger partial charge >= 0.3 is 0 Å². The maximum atomic E-state index is 12.1. The molecule has 0 bridgehead atoms. The summed E-state index contributed by atoms with van der Waals surface area (Å²) in [7, 11) is 0. The van der Waals surface area contributed by atoms with Gasteiger partial charge in [-0.1, -0.05) is 36.2 Å². The number of hydrogen-bond donors (Lipinski definition) is 1. The predicted molar refractivity (Wildman–Crippen MR) is 86.0 cm³/mol. The first-order chi connectivity index (χ1) is 10.0. The molecule has 0 aliphatic heterocycles. The van der Waals surface area contributed by atoms with E-state index < -0.39 is 0 Å². The zero-order chi connectivity index (χ0) is 15.4. The highest BCUT2D eigenvalue weighted by Crippen LogP contribution is 2.22. The molecule has 1 amide bonds. The lowest BCUT2D eigenvalue weighted by Crippen LogP contribution is -2.19.